The lowest BCUT2D eigenvalue weighted by atomic mass is 10.2. The number of benzene rings is 2. The lowest BCUT2D eigenvalue weighted by Gasteiger charge is -2.13. The molecule has 0 fully saturated rings. The zero-order chi connectivity index (χ0) is 24.8. The van der Waals surface area contributed by atoms with Gasteiger partial charge in [-0.3, -0.25) is 35.8 Å². The second kappa shape index (κ2) is 10.5. The number of anilines is 1. The summed E-state index contributed by atoms with van der Waals surface area (Å²) in [6.45, 7) is 0. The Morgan fingerprint density at radius 1 is 0.971 bits per heavy atom. The van der Waals surface area contributed by atoms with Crippen LogP contribution in [0.2, 0.25) is 0 Å². The van der Waals surface area contributed by atoms with E-state index in [4.69, 9.17) is 9.47 Å². The van der Waals surface area contributed by atoms with E-state index in [0.29, 0.717) is 9.13 Å². The van der Waals surface area contributed by atoms with Gasteiger partial charge in [0.05, 0.1) is 37.7 Å². The smallest absolute Gasteiger partial charge is 0.318 e. The van der Waals surface area contributed by atoms with E-state index in [9.17, 15) is 30.3 Å². The Morgan fingerprint density at radius 2 is 1.68 bits per heavy atom. The first-order valence-electron chi connectivity index (χ1n) is 9.07. The Morgan fingerprint density at radius 3 is 2.26 bits per heavy atom. The van der Waals surface area contributed by atoms with E-state index in [2.05, 4.69) is 15.5 Å². The van der Waals surface area contributed by atoms with E-state index in [0.717, 1.165) is 24.4 Å². The SMILES string of the molecule is COc1cc(/C=N\Nc2ccc([N+](=O)[O-])cn2)cc(I)c1Oc1ccc([N+](=O)[O-])cc1[N+](=O)[O-]. The van der Waals surface area contributed by atoms with Crippen molar-refractivity contribution in [2.75, 3.05) is 12.5 Å². The minimum atomic E-state index is -0.777. The van der Waals surface area contributed by atoms with Gasteiger partial charge in [0.15, 0.2) is 11.5 Å². The third-order valence-corrected chi connectivity index (χ3v) is 4.97. The van der Waals surface area contributed by atoms with E-state index in [1.807, 2.05) is 22.6 Å². The van der Waals surface area contributed by atoms with E-state index in [1.54, 1.807) is 12.1 Å². The second-order valence-corrected chi connectivity index (χ2v) is 7.49. The fourth-order valence-corrected chi connectivity index (χ4v) is 3.34. The molecule has 3 aromatic rings. The number of non-ortho nitro benzene ring substituents is 1. The Hall–Kier alpha value is -4.41. The number of methoxy groups -OCH3 is 1. The summed E-state index contributed by atoms with van der Waals surface area (Å²) in [4.78, 5) is 34.8. The summed E-state index contributed by atoms with van der Waals surface area (Å²) < 4.78 is 11.5. The number of nitrogens with zero attached hydrogens (tertiary/aromatic N) is 5. The van der Waals surface area contributed by atoms with Crippen LogP contribution in [0.25, 0.3) is 0 Å². The van der Waals surface area contributed by atoms with Crippen LogP contribution in [-0.2, 0) is 0 Å². The molecule has 1 N–H and O–H groups in total. The maximum absolute atomic E-state index is 11.4. The van der Waals surface area contributed by atoms with Crippen molar-refractivity contribution < 1.29 is 24.2 Å². The Kier molecular flexibility index (Phi) is 7.46. The summed E-state index contributed by atoms with van der Waals surface area (Å²) in [6.07, 6.45) is 2.53. The Balaban J connectivity index is 1.84. The zero-order valence-electron chi connectivity index (χ0n) is 17.1. The van der Waals surface area contributed by atoms with Crippen molar-refractivity contribution in [3.63, 3.8) is 0 Å². The highest BCUT2D eigenvalue weighted by molar-refractivity contribution is 14.1. The number of ether oxygens (including phenoxy) is 2. The van der Waals surface area contributed by atoms with Gasteiger partial charge in [-0.2, -0.15) is 5.10 Å². The Bertz CT molecular complexity index is 1300. The molecule has 3 rings (SSSR count). The number of nitro groups is 3. The molecule has 1 aromatic heterocycles. The van der Waals surface area contributed by atoms with Crippen LogP contribution in [0.3, 0.4) is 0 Å². The molecular formula is C19H13IN6O8. The van der Waals surface area contributed by atoms with Crippen molar-refractivity contribution in [2.45, 2.75) is 0 Å². The summed E-state index contributed by atoms with van der Waals surface area (Å²) in [5.41, 5.74) is 2.04. The van der Waals surface area contributed by atoms with Crippen molar-refractivity contribution >= 4 is 51.7 Å². The van der Waals surface area contributed by atoms with Crippen LogP contribution >= 0.6 is 22.6 Å². The number of hydrogen-bond donors (Lipinski definition) is 1. The predicted molar refractivity (Wildman–Crippen MR) is 128 cm³/mol. The van der Waals surface area contributed by atoms with Crippen molar-refractivity contribution in [3.05, 3.63) is 88.1 Å². The number of aromatic nitrogens is 1. The van der Waals surface area contributed by atoms with Gasteiger partial charge in [0.2, 0.25) is 5.75 Å². The highest BCUT2D eigenvalue weighted by Crippen LogP contribution is 2.41. The summed E-state index contributed by atoms with van der Waals surface area (Å²) >= 11 is 1.94. The minimum absolute atomic E-state index is 0.155. The van der Waals surface area contributed by atoms with Gasteiger partial charge in [-0.1, -0.05) is 0 Å². The lowest BCUT2D eigenvalue weighted by molar-refractivity contribution is -0.394. The molecule has 174 valence electrons. The van der Waals surface area contributed by atoms with Gasteiger partial charge < -0.3 is 9.47 Å². The fourth-order valence-electron chi connectivity index (χ4n) is 2.60. The standard InChI is InChI=1S/C19H13IN6O8/c1-33-17-7-11(9-22-23-18-5-3-13(10-21-18)25(29)30)6-14(20)19(17)34-16-4-2-12(24(27)28)8-15(16)26(31)32/h2-10H,1H3,(H,21,23)/b22-9-. The van der Waals surface area contributed by atoms with Gasteiger partial charge in [0.25, 0.3) is 11.4 Å². The average molecular weight is 580 g/mol. The van der Waals surface area contributed by atoms with Crippen LogP contribution in [-0.4, -0.2) is 33.1 Å². The van der Waals surface area contributed by atoms with Crippen molar-refractivity contribution in [1.29, 1.82) is 0 Å². The normalized spacial score (nSPS) is 10.6. The molecule has 0 unspecified atom stereocenters. The molecule has 0 aliphatic rings. The molecule has 0 aliphatic heterocycles. The monoisotopic (exact) mass is 580 g/mol. The number of rotatable bonds is 9. The maximum Gasteiger partial charge on any atom is 0.318 e. The van der Waals surface area contributed by atoms with Gasteiger partial charge in [-0.05, 0) is 52.4 Å². The largest absolute Gasteiger partial charge is 0.493 e. The minimum Gasteiger partial charge on any atom is -0.493 e. The molecule has 0 spiro atoms. The molecular weight excluding hydrogens is 567 g/mol. The van der Waals surface area contributed by atoms with Crippen molar-refractivity contribution in [2.24, 2.45) is 5.10 Å². The number of halogens is 1. The summed E-state index contributed by atoms with van der Waals surface area (Å²) in [7, 11) is 1.38. The zero-order valence-corrected chi connectivity index (χ0v) is 19.2. The van der Waals surface area contributed by atoms with Crippen LogP contribution in [0.15, 0.2) is 53.8 Å². The van der Waals surface area contributed by atoms with Crippen LogP contribution in [0.1, 0.15) is 5.56 Å². The molecule has 0 saturated heterocycles. The first kappa shape index (κ1) is 24.2. The molecule has 0 saturated carbocycles. The second-order valence-electron chi connectivity index (χ2n) is 6.33. The average Bonchev–Trinajstić information content (AvgIpc) is 2.80. The maximum atomic E-state index is 11.4. The quantitative estimate of drug-likeness (QED) is 0.162. The fraction of sp³-hybridized carbons (Fsp3) is 0.0526. The van der Waals surface area contributed by atoms with Crippen LogP contribution < -0.4 is 14.9 Å². The van der Waals surface area contributed by atoms with Gasteiger partial charge in [0, 0.05) is 12.1 Å². The summed E-state index contributed by atoms with van der Waals surface area (Å²) in [6, 6.07) is 8.94. The highest BCUT2D eigenvalue weighted by Gasteiger charge is 2.23. The topological polar surface area (TPSA) is 185 Å². The van der Waals surface area contributed by atoms with E-state index < -0.39 is 26.1 Å². The van der Waals surface area contributed by atoms with E-state index in [-0.39, 0.29) is 28.8 Å². The molecule has 0 amide bonds. The van der Waals surface area contributed by atoms with Crippen LogP contribution in [0.4, 0.5) is 22.9 Å². The molecule has 34 heavy (non-hydrogen) atoms. The van der Waals surface area contributed by atoms with Crippen LogP contribution in [0.5, 0.6) is 17.2 Å². The van der Waals surface area contributed by atoms with Crippen LogP contribution in [0, 0.1) is 33.9 Å². The number of hydrogen-bond acceptors (Lipinski definition) is 11. The molecule has 15 heteroatoms. The third kappa shape index (κ3) is 5.68. The van der Waals surface area contributed by atoms with E-state index in [1.165, 1.54) is 25.5 Å². The lowest BCUT2D eigenvalue weighted by Crippen LogP contribution is -2.00. The van der Waals surface area contributed by atoms with Gasteiger partial charge in [-0.15, -0.1) is 0 Å². The van der Waals surface area contributed by atoms with Gasteiger partial charge in [0.1, 0.15) is 12.0 Å². The first-order valence-corrected chi connectivity index (χ1v) is 10.1. The molecule has 0 atom stereocenters. The van der Waals surface area contributed by atoms with E-state index >= 15 is 0 Å². The summed E-state index contributed by atoms with van der Waals surface area (Å²) in [5, 5.41) is 37.0. The molecule has 1 heterocycles. The molecule has 2 aromatic carbocycles. The van der Waals surface area contributed by atoms with Gasteiger partial charge >= 0.3 is 5.69 Å². The number of nitro benzene ring substituents is 2. The molecule has 14 nitrogen and oxygen atoms in total. The molecule has 0 aliphatic carbocycles. The first-order chi connectivity index (χ1) is 16.2. The number of hydrazone groups is 1. The number of pyridine rings is 1. The predicted octanol–water partition coefficient (Wildman–Crippen LogP) is 4.66. The number of nitrogens with one attached hydrogen (secondary N) is 1. The van der Waals surface area contributed by atoms with Crippen molar-refractivity contribution in [1.82, 2.24) is 4.98 Å². The molecule has 0 bridgehead atoms. The third-order valence-electron chi connectivity index (χ3n) is 4.17. The van der Waals surface area contributed by atoms with Gasteiger partial charge in [-0.25, -0.2) is 4.98 Å². The van der Waals surface area contributed by atoms with Crippen molar-refractivity contribution in [3.8, 4) is 17.2 Å². The molecule has 0 radical (unpaired) electrons. The Labute approximate surface area is 203 Å². The summed E-state index contributed by atoms with van der Waals surface area (Å²) in [5.74, 6) is 0.491. The highest BCUT2D eigenvalue weighted by atomic mass is 127.